The van der Waals surface area contributed by atoms with Crippen LogP contribution in [-0.4, -0.2) is 18.0 Å². The number of amides is 1. The van der Waals surface area contributed by atoms with Crippen LogP contribution < -0.4 is 10.1 Å². The van der Waals surface area contributed by atoms with E-state index in [9.17, 15) is 9.18 Å². The van der Waals surface area contributed by atoms with Crippen LogP contribution in [0.15, 0.2) is 42.7 Å². The molecule has 0 spiro atoms. The Morgan fingerprint density at radius 1 is 1.30 bits per heavy atom. The second kappa shape index (κ2) is 6.65. The van der Waals surface area contributed by atoms with Crippen molar-refractivity contribution in [3.63, 3.8) is 0 Å². The summed E-state index contributed by atoms with van der Waals surface area (Å²) in [6.45, 7) is 0. The molecular weight excluding hydrogens is 259 g/mol. The van der Waals surface area contributed by atoms with Gasteiger partial charge in [0.05, 0.1) is 7.11 Å². The number of pyridine rings is 1. The minimum Gasteiger partial charge on any atom is -0.494 e. The predicted octanol–water partition coefficient (Wildman–Crippen LogP) is 2.80. The average Bonchev–Trinajstić information content (AvgIpc) is 2.46. The molecule has 1 amide bonds. The van der Waals surface area contributed by atoms with E-state index in [0.29, 0.717) is 12.1 Å². The largest absolute Gasteiger partial charge is 0.494 e. The van der Waals surface area contributed by atoms with E-state index in [1.807, 2.05) is 0 Å². The highest BCUT2D eigenvalue weighted by atomic mass is 19.1. The summed E-state index contributed by atoms with van der Waals surface area (Å²) in [5.41, 5.74) is 1.46. The molecule has 0 saturated heterocycles. The Hall–Kier alpha value is -2.43. The van der Waals surface area contributed by atoms with E-state index in [4.69, 9.17) is 4.74 Å². The van der Waals surface area contributed by atoms with Crippen LogP contribution in [0.2, 0.25) is 0 Å². The number of aryl methyl sites for hydroxylation is 1. The van der Waals surface area contributed by atoms with Gasteiger partial charge in [0.15, 0.2) is 11.6 Å². The number of nitrogens with one attached hydrogen (secondary N) is 1. The van der Waals surface area contributed by atoms with Crippen molar-refractivity contribution in [1.82, 2.24) is 4.98 Å². The van der Waals surface area contributed by atoms with Crippen LogP contribution in [0.25, 0.3) is 0 Å². The van der Waals surface area contributed by atoms with Crippen molar-refractivity contribution in [2.45, 2.75) is 12.8 Å². The number of rotatable bonds is 5. The second-order valence-corrected chi connectivity index (χ2v) is 4.25. The zero-order chi connectivity index (χ0) is 14.4. The Kier molecular flexibility index (Phi) is 4.65. The van der Waals surface area contributed by atoms with E-state index < -0.39 is 5.82 Å². The van der Waals surface area contributed by atoms with Crippen molar-refractivity contribution >= 4 is 11.6 Å². The molecular formula is C15H15FN2O2. The molecule has 0 bridgehead atoms. The van der Waals surface area contributed by atoms with Gasteiger partial charge in [0, 0.05) is 24.5 Å². The summed E-state index contributed by atoms with van der Waals surface area (Å²) in [5, 5.41) is 2.75. The predicted molar refractivity (Wildman–Crippen MR) is 74.1 cm³/mol. The first kappa shape index (κ1) is 14.0. The monoisotopic (exact) mass is 274 g/mol. The van der Waals surface area contributed by atoms with E-state index in [2.05, 4.69) is 10.3 Å². The molecule has 5 heteroatoms. The normalized spacial score (nSPS) is 10.1. The molecule has 0 aliphatic carbocycles. The zero-order valence-corrected chi connectivity index (χ0v) is 11.1. The van der Waals surface area contributed by atoms with E-state index in [0.717, 1.165) is 5.56 Å². The van der Waals surface area contributed by atoms with Crippen LogP contribution in [0.3, 0.4) is 0 Å². The number of aromatic nitrogens is 1. The van der Waals surface area contributed by atoms with Crippen molar-refractivity contribution in [1.29, 1.82) is 0 Å². The van der Waals surface area contributed by atoms with Gasteiger partial charge in [-0.2, -0.15) is 0 Å². The number of anilines is 1. The quantitative estimate of drug-likeness (QED) is 0.912. The molecule has 0 unspecified atom stereocenters. The van der Waals surface area contributed by atoms with Crippen molar-refractivity contribution in [3.8, 4) is 5.75 Å². The lowest BCUT2D eigenvalue weighted by Gasteiger charge is -2.06. The van der Waals surface area contributed by atoms with Gasteiger partial charge in [-0.25, -0.2) is 4.39 Å². The molecule has 4 nitrogen and oxygen atoms in total. The number of carbonyl (C=O) groups excluding carboxylic acids is 1. The maximum atomic E-state index is 13.5. The molecule has 1 heterocycles. The maximum Gasteiger partial charge on any atom is 0.224 e. The summed E-state index contributed by atoms with van der Waals surface area (Å²) in [6, 6.07) is 8.13. The summed E-state index contributed by atoms with van der Waals surface area (Å²) in [5.74, 6) is -0.332. The Morgan fingerprint density at radius 2 is 2.05 bits per heavy atom. The van der Waals surface area contributed by atoms with Crippen LogP contribution in [-0.2, 0) is 11.2 Å². The standard InChI is InChI=1S/C15H15FN2O2/c1-20-14-4-2-11(10-13(14)16)3-5-15(19)18-12-6-8-17-9-7-12/h2,4,6-10H,3,5H2,1H3,(H,17,18,19). The lowest BCUT2D eigenvalue weighted by Crippen LogP contribution is -2.12. The van der Waals surface area contributed by atoms with Gasteiger partial charge in [-0.15, -0.1) is 0 Å². The van der Waals surface area contributed by atoms with Gasteiger partial charge in [-0.05, 0) is 36.2 Å². The molecule has 0 aliphatic rings. The van der Waals surface area contributed by atoms with E-state index >= 15 is 0 Å². The van der Waals surface area contributed by atoms with Crippen LogP contribution in [0.1, 0.15) is 12.0 Å². The third kappa shape index (κ3) is 3.78. The summed E-state index contributed by atoms with van der Waals surface area (Å²) in [7, 11) is 1.42. The molecule has 2 rings (SSSR count). The van der Waals surface area contributed by atoms with Crippen molar-refractivity contribution in [3.05, 3.63) is 54.1 Å². The fourth-order valence-corrected chi connectivity index (χ4v) is 1.78. The Bertz CT molecular complexity index is 588. The highest BCUT2D eigenvalue weighted by Crippen LogP contribution is 2.18. The molecule has 104 valence electrons. The molecule has 2 aromatic rings. The van der Waals surface area contributed by atoms with Gasteiger partial charge in [-0.3, -0.25) is 9.78 Å². The fraction of sp³-hybridized carbons (Fsp3) is 0.200. The number of benzene rings is 1. The van der Waals surface area contributed by atoms with Crippen LogP contribution in [0.5, 0.6) is 5.75 Å². The van der Waals surface area contributed by atoms with Gasteiger partial charge in [0.25, 0.3) is 0 Å². The number of carbonyl (C=O) groups is 1. The highest BCUT2D eigenvalue weighted by molar-refractivity contribution is 5.90. The maximum absolute atomic E-state index is 13.5. The molecule has 0 atom stereocenters. The lowest BCUT2D eigenvalue weighted by atomic mass is 10.1. The first-order valence-electron chi connectivity index (χ1n) is 6.21. The van der Waals surface area contributed by atoms with Crippen LogP contribution >= 0.6 is 0 Å². The minimum atomic E-state index is -0.417. The Balaban J connectivity index is 1.89. The van der Waals surface area contributed by atoms with Gasteiger partial charge >= 0.3 is 0 Å². The topological polar surface area (TPSA) is 51.2 Å². The van der Waals surface area contributed by atoms with E-state index in [-0.39, 0.29) is 18.1 Å². The average molecular weight is 274 g/mol. The molecule has 20 heavy (non-hydrogen) atoms. The molecule has 1 aromatic carbocycles. The van der Waals surface area contributed by atoms with Gasteiger partial charge < -0.3 is 10.1 Å². The van der Waals surface area contributed by atoms with Crippen LogP contribution in [0, 0.1) is 5.82 Å². The second-order valence-electron chi connectivity index (χ2n) is 4.25. The van der Waals surface area contributed by atoms with Crippen molar-refractivity contribution < 1.29 is 13.9 Å². The molecule has 0 saturated carbocycles. The first-order chi connectivity index (χ1) is 9.69. The van der Waals surface area contributed by atoms with Gasteiger partial charge in [0.1, 0.15) is 0 Å². The van der Waals surface area contributed by atoms with E-state index in [1.165, 1.54) is 13.2 Å². The third-order valence-electron chi connectivity index (χ3n) is 2.82. The van der Waals surface area contributed by atoms with Crippen LogP contribution in [0.4, 0.5) is 10.1 Å². The van der Waals surface area contributed by atoms with Crippen molar-refractivity contribution in [2.24, 2.45) is 0 Å². The first-order valence-corrected chi connectivity index (χ1v) is 6.21. The smallest absolute Gasteiger partial charge is 0.224 e. The SMILES string of the molecule is COc1ccc(CCC(=O)Nc2ccncc2)cc1F. The Morgan fingerprint density at radius 3 is 2.70 bits per heavy atom. The lowest BCUT2D eigenvalue weighted by molar-refractivity contribution is -0.116. The number of halogens is 1. The number of methoxy groups -OCH3 is 1. The van der Waals surface area contributed by atoms with Gasteiger partial charge in [-0.1, -0.05) is 6.07 Å². The third-order valence-corrected chi connectivity index (χ3v) is 2.82. The molecule has 1 N–H and O–H groups in total. The fourth-order valence-electron chi connectivity index (χ4n) is 1.78. The van der Waals surface area contributed by atoms with E-state index in [1.54, 1.807) is 36.7 Å². The minimum absolute atomic E-state index is 0.118. The zero-order valence-electron chi connectivity index (χ0n) is 11.1. The Labute approximate surface area is 116 Å². The number of hydrogen-bond donors (Lipinski definition) is 1. The van der Waals surface area contributed by atoms with Crippen molar-refractivity contribution in [2.75, 3.05) is 12.4 Å². The summed E-state index contributed by atoms with van der Waals surface area (Å²) >= 11 is 0. The molecule has 1 aromatic heterocycles. The number of hydrogen-bond acceptors (Lipinski definition) is 3. The molecule has 0 fully saturated rings. The summed E-state index contributed by atoms with van der Waals surface area (Å²) in [6.07, 6.45) is 3.97. The van der Waals surface area contributed by atoms with Gasteiger partial charge in [0.2, 0.25) is 5.91 Å². The highest BCUT2D eigenvalue weighted by Gasteiger charge is 2.06. The number of nitrogens with zero attached hydrogens (tertiary/aromatic N) is 1. The number of ether oxygens (including phenoxy) is 1. The summed E-state index contributed by atoms with van der Waals surface area (Å²) < 4.78 is 18.3. The molecule has 0 radical (unpaired) electrons. The summed E-state index contributed by atoms with van der Waals surface area (Å²) in [4.78, 5) is 15.6. The molecule has 0 aliphatic heterocycles.